The Morgan fingerprint density at radius 1 is 1.00 bits per heavy atom. The molecule has 0 aliphatic carbocycles. The van der Waals surface area contributed by atoms with Gasteiger partial charge in [0.1, 0.15) is 0 Å². The number of carbonyl (C=O) groups is 1. The van der Waals surface area contributed by atoms with Crippen LogP contribution in [-0.4, -0.2) is 34.6 Å². The summed E-state index contributed by atoms with van der Waals surface area (Å²) in [6, 6.07) is 18.7. The summed E-state index contributed by atoms with van der Waals surface area (Å²) >= 11 is 0. The molecule has 4 aromatic rings. The van der Waals surface area contributed by atoms with E-state index in [0.29, 0.717) is 36.3 Å². The maximum atomic E-state index is 13.8. The number of rotatable bonds is 9. The Hall–Kier alpha value is -3.62. The van der Waals surface area contributed by atoms with E-state index in [-0.39, 0.29) is 17.8 Å². The third-order valence-electron chi connectivity index (χ3n) is 5.69. The van der Waals surface area contributed by atoms with Gasteiger partial charge in [-0.15, -0.1) is 0 Å². The molecule has 0 spiro atoms. The van der Waals surface area contributed by atoms with Gasteiger partial charge in [0.25, 0.3) is 5.91 Å². The molecular weight excluding hydrogens is 436 g/mol. The zero-order chi connectivity index (χ0) is 24.1. The Balaban J connectivity index is 1.69. The number of hydrogen-bond donors (Lipinski definition) is 3. The fraction of sp³-hybridized carbons (Fsp3) is 0.231. The van der Waals surface area contributed by atoms with E-state index in [2.05, 4.69) is 10.3 Å². The standard InChI is InChI=1S/C26H27F2N5O/c27-21-10-8-18(13-22(21)28)19-9-11-24-23(14-19)32-25(26(34)31-15-20(30)7-4-12-29)33(24)16-17-5-2-1-3-6-17/h1-3,5-6,8-11,13-14,20H,4,7,12,15-16,29-30H2,(H,31,34)/t20-/m0/s1. The van der Waals surface area contributed by atoms with Crippen molar-refractivity contribution in [2.45, 2.75) is 25.4 Å². The van der Waals surface area contributed by atoms with Crippen LogP contribution in [0.5, 0.6) is 0 Å². The zero-order valence-electron chi connectivity index (χ0n) is 18.7. The summed E-state index contributed by atoms with van der Waals surface area (Å²) in [5.74, 6) is -1.89. The quantitative estimate of drug-likeness (QED) is 0.351. The lowest BCUT2D eigenvalue weighted by Gasteiger charge is -2.13. The first-order valence-electron chi connectivity index (χ1n) is 11.2. The summed E-state index contributed by atoms with van der Waals surface area (Å²) in [6.07, 6.45) is 1.51. The number of nitrogens with zero attached hydrogens (tertiary/aromatic N) is 2. The van der Waals surface area contributed by atoms with Gasteiger partial charge in [0.15, 0.2) is 17.5 Å². The highest BCUT2D eigenvalue weighted by Gasteiger charge is 2.19. The molecule has 8 heteroatoms. The van der Waals surface area contributed by atoms with Gasteiger partial charge >= 0.3 is 0 Å². The van der Waals surface area contributed by atoms with E-state index in [1.807, 2.05) is 47.0 Å². The smallest absolute Gasteiger partial charge is 0.287 e. The number of halogens is 2. The number of benzene rings is 3. The van der Waals surface area contributed by atoms with E-state index in [9.17, 15) is 13.6 Å². The van der Waals surface area contributed by atoms with Crippen LogP contribution in [0.4, 0.5) is 8.78 Å². The van der Waals surface area contributed by atoms with Gasteiger partial charge in [-0.25, -0.2) is 13.8 Å². The Morgan fingerprint density at radius 2 is 1.74 bits per heavy atom. The average Bonchev–Trinajstić information content (AvgIpc) is 3.21. The molecule has 4 rings (SSSR count). The van der Waals surface area contributed by atoms with Crippen molar-refractivity contribution >= 4 is 16.9 Å². The normalized spacial score (nSPS) is 12.1. The van der Waals surface area contributed by atoms with Crippen LogP contribution < -0.4 is 16.8 Å². The zero-order valence-corrected chi connectivity index (χ0v) is 18.7. The van der Waals surface area contributed by atoms with E-state index in [1.165, 1.54) is 6.07 Å². The maximum absolute atomic E-state index is 13.8. The monoisotopic (exact) mass is 463 g/mol. The van der Waals surface area contributed by atoms with Crippen LogP contribution in [0.15, 0.2) is 66.7 Å². The number of nitrogens with one attached hydrogen (secondary N) is 1. The second-order valence-electron chi connectivity index (χ2n) is 8.24. The van der Waals surface area contributed by atoms with Crippen LogP contribution in [-0.2, 0) is 6.54 Å². The molecule has 176 valence electrons. The van der Waals surface area contributed by atoms with Crippen molar-refractivity contribution in [2.75, 3.05) is 13.1 Å². The highest BCUT2D eigenvalue weighted by Crippen LogP contribution is 2.27. The highest BCUT2D eigenvalue weighted by molar-refractivity contribution is 5.95. The van der Waals surface area contributed by atoms with Gasteiger partial charge in [-0.1, -0.05) is 42.5 Å². The molecule has 1 atom stereocenters. The molecule has 0 radical (unpaired) electrons. The van der Waals surface area contributed by atoms with Crippen LogP contribution in [0.2, 0.25) is 0 Å². The minimum Gasteiger partial charge on any atom is -0.348 e. The summed E-state index contributed by atoms with van der Waals surface area (Å²) in [5, 5.41) is 2.88. The minimum atomic E-state index is -0.918. The summed E-state index contributed by atoms with van der Waals surface area (Å²) in [5.41, 5.74) is 15.2. The first-order valence-corrected chi connectivity index (χ1v) is 11.2. The number of amides is 1. The average molecular weight is 464 g/mol. The molecule has 0 unspecified atom stereocenters. The third-order valence-corrected chi connectivity index (χ3v) is 5.69. The molecule has 1 heterocycles. The lowest BCUT2D eigenvalue weighted by molar-refractivity contribution is 0.0937. The van der Waals surface area contributed by atoms with Crippen molar-refractivity contribution in [3.8, 4) is 11.1 Å². The number of fused-ring (bicyclic) bond motifs is 1. The predicted octanol–water partition coefficient (Wildman–Crippen LogP) is 3.83. The van der Waals surface area contributed by atoms with Crippen LogP contribution >= 0.6 is 0 Å². The number of nitrogens with two attached hydrogens (primary N) is 2. The lowest BCUT2D eigenvalue weighted by Crippen LogP contribution is -2.38. The molecular formula is C26H27F2N5O. The fourth-order valence-electron chi connectivity index (χ4n) is 3.87. The molecule has 1 aromatic heterocycles. The van der Waals surface area contributed by atoms with E-state index < -0.39 is 11.6 Å². The van der Waals surface area contributed by atoms with Crippen molar-refractivity contribution in [2.24, 2.45) is 11.5 Å². The van der Waals surface area contributed by atoms with E-state index in [4.69, 9.17) is 11.5 Å². The first-order chi connectivity index (χ1) is 16.5. The number of aromatic nitrogens is 2. The lowest BCUT2D eigenvalue weighted by atomic mass is 10.0. The molecule has 0 saturated heterocycles. The minimum absolute atomic E-state index is 0.195. The van der Waals surface area contributed by atoms with Crippen LogP contribution in [0.1, 0.15) is 29.0 Å². The Morgan fingerprint density at radius 3 is 2.47 bits per heavy atom. The summed E-state index contributed by atoms with van der Waals surface area (Å²) in [7, 11) is 0. The van der Waals surface area contributed by atoms with Gasteiger partial charge in [-0.3, -0.25) is 4.79 Å². The van der Waals surface area contributed by atoms with Crippen molar-refractivity contribution in [3.05, 3.63) is 89.8 Å². The van der Waals surface area contributed by atoms with Crippen molar-refractivity contribution in [3.63, 3.8) is 0 Å². The molecule has 1 amide bonds. The van der Waals surface area contributed by atoms with Gasteiger partial charge in [-0.2, -0.15) is 0 Å². The Bertz CT molecular complexity index is 1290. The number of hydrogen-bond acceptors (Lipinski definition) is 4. The molecule has 3 aromatic carbocycles. The SMILES string of the molecule is NCCC[C@H](N)CNC(=O)c1nc2cc(-c3ccc(F)c(F)c3)ccc2n1Cc1ccccc1. The van der Waals surface area contributed by atoms with Crippen LogP contribution in [0, 0.1) is 11.6 Å². The van der Waals surface area contributed by atoms with E-state index >= 15 is 0 Å². The van der Waals surface area contributed by atoms with Crippen molar-refractivity contribution < 1.29 is 13.6 Å². The Kier molecular flexibility index (Phi) is 7.30. The van der Waals surface area contributed by atoms with Gasteiger partial charge in [0.05, 0.1) is 11.0 Å². The van der Waals surface area contributed by atoms with Gasteiger partial charge < -0.3 is 21.4 Å². The highest BCUT2D eigenvalue weighted by atomic mass is 19.2. The van der Waals surface area contributed by atoms with Gasteiger partial charge in [-0.05, 0) is 60.3 Å². The summed E-state index contributed by atoms with van der Waals surface area (Å²) in [4.78, 5) is 17.7. The van der Waals surface area contributed by atoms with E-state index in [0.717, 1.165) is 36.1 Å². The molecule has 0 bridgehead atoms. The van der Waals surface area contributed by atoms with Crippen molar-refractivity contribution in [1.82, 2.24) is 14.9 Å². The first kappa shape index (κ1) is 23.5. The van der Waals surface area contributed by atoms with Crippen LogP contribution in [0.25, 0.3) is 22.2 Å². The third kappa shape index (κ3) is 5.30. The second-order valence-corrected chi connectivity index (χ2v) is 8.24. The van der Waals surface area contributed by atoms with Crippen LogP contribution in [0.3, 0.4) is 0 Å². The molecule has 6 nitrogen and oxygen atoms in total. The maximum Gasteiger partial charge on any atom is 0.287 e. The number of carbonyl (C=O) groups excluding carboxylic acids is 1. The second kappa shape index (κ2) is 10.5. The van der Waals surface area contributed by atoms with E-state index in [1.54, 1.807) is 6.07 Å². The molecule has 0 saturated carbocycles. The molecule has 0 fully saturated rings. The molecule has 0 aliphatic heterocycles. The summed E-state index contributed by atoms with van der Waals surface area (Å²) < 4.78 is 29.0. The topological polar surface area (TPSA) is 99.0 Å². The number of imidazole rings is 1. The largest absolute Gasteiger partial charge is 0.348 e. The summed E-state index contributed by atoms with van der Waals surface area (Å²) in [6.45, 7) is 1.31. The molecule has 0 aliphatic rings. The predicted molar refractivity (Wildman–Crippen MR) is 129 cm³/mol. The fourth-order valence-corrected chi connectivity index (χ4v) is 3.87. The van der Waals surface area contributed by atoms with Gasteiger partial charge in [0, 0.05) is 19.1 Å². The van der Waals surface area contributed by atoms with Crippen molar-refractivity contribution in [1.29, 1.82) is 0 Å². The molecule has 5 N–H and O–H groups in total. The molecule has 34 heavy (non-hydrogen) atoms. The van der Waals surface area contributed by atoms with Gasteiger partial charge in [0.2, 0.25) is 0 Å². The Labute approximate surface area is 196 Å².